The van der Waals surface area contributed by atoms with E-state index in [1.54, 1.807) is 55.1 Å². The number of terminal acetylenes is 1. The van der Waals surface area contributed by atoms with Crippen molar-refractivity contribution in [2.24, 2.45) is 10.7 Å². The molecule has 0 aliphatic heterocycles. The number of hydrogen-bond acceptors (Lipinski definition) is 9. The average molecular weight is 505 g/mol. The van der Waals surface area contributed by atoms with Crippen molar-refractivity contribution in [2.45, 2.75) is 26.6 Å². The van der Waals surface area contributed by atoms with Gasteiger partial charge in [-0.2, -0.15) is 8.78 Å². The SMILES string of the molecule is C#CC(N)=CC(C)=Nc1nc(-n2cnc3cc(Nc4ccc(OC(F)F)nn4)ccc32)ccc1C(C)O. The molecule has 37 heavy (non-hydrogen) atoms. The largest absolute Gasteiger partial charge is 0.415 e. The number of ether oxygens (including phenoxy) is 1. The molecular weight excluding hydrogens is 482 g/mol. The molecule has 0 fully saturated rings. The monoisotopic (exact) mass is 504 g/mol. The first-order chi connectivity index (χ1) is 17.7. The van der Waals surface area contributed by atoms with Gasteiger partial charge in [-0.3, -0.25) is 4.57 Å². The Bertz CT molecular complexity index is 1520. The van der Waals surface area contributed by atoms with Gasteiger partial charge in [0.2, 0.25) is 5.88 Å². The molecule has 4 rings (SSSR count). The van der Waals surface area contributed by atoms with Crippen LogP contribution in [0.4, 0.5) is 26.1 Å². The number of fused-ring (bicyclic) bond motifs is 1. The second kappa shape index (κ2) is 10.8. The molecule has 0 bridgehead atoms. The molecule has 0 spiro atoms. The zero-order valence-electron chi connectivity index (χ0n) is 19.8. The molecule has 0 saturated carbocycles. The van der Waals surface area contributed by atoms with Gasteiger partial charge < -0.3 is 20.9 Å². The molecule has 4 N–H and O–H groups in total. The van der Waals surface area contributed by atoms with E-state index in [4.69, 9.17) is 12.2 Å². The van der Waals surface area contributed by atoms with Crippen LogP contribution in [-0.2, 0) is 0 Å². The number of aliphatic hydroxyl groups is 1. The molecule has 0 aliphatic carbocycles. The number of rotatable bonds is 8. The molecule has 188 valence electrons. The third kappa shape index (κ3) is 6.03. The number of anilines is 2. The van der Waals surface area contributed by atoms with E-state index < -0.39 is 12.7 Å². The van der Waals surface area contributed by atoms with Crippen LogP contribution < -0.4 is 15.8 Å². The lowest BCUT2D eigenvalue weighted by Gasteiger charge is -2.11. The summed E-state index contributed by atoms with van der Waals surface area (Å²) in [6.45, 7) is 0.385. The number of benzene rings is 1. The molecule has 1 atom stereocenters. The molecule has 1 unspecified atom stereocenters. The number of pyridine rings is 1. The first-order valence-corrected chi connectivity index (χ1v) is 10.9. The number of allylic oxidation sites excluding steroid dienone is 2. The average Bonchev–Trinajstić information content (AvgIpc) is 3.28. The van der Waals surface area contributed by atoms with E-state index in [1.807, 2.05) is 6.07 Å². The van der Waals surface area contributed by atoms with Gasteiger partial charge in [-0.25, -0.2) is 15.0 Å². The normalized spacial score (nSPS) is 13.0. The number of halogens is 2. The number of aliphatic imine (C=N–C) groups is 1. The maximum atomic E-state index is 12.3. The van der Waals surface area contributed by atoms with Gasteiger partial charge in [-0.15, -0.1) is 16.6 Å². The number of nitrogens with two attached hydrogens (primary N) is 1. The number of imidazole rings is 1. The molecule has 0 aliphatic rings. The van der Waals surface area contributed by atoms with E-state index in [0.29, 0.717) is 39.9 Å². The van der Waals surface area contributed by atoms with Crippen LogP contribution in [0.25, 0.3) is 16.9 Å². The van der Waals surface area contributed by atoms with Crippen LogP contribution in [0, 0.1) is 12.3 Å². The van der Waals surface area contributed by atoms with Crippen LogP contribution in [-0.4, -0.2) is 42.2 Å². The highest BCUT2D eigenvalue weighted by Gasteiger charge is 2.14. The Labute approximate surface area is 210 Å². The summed E-state index contributed by atoms with van der Waals surface area (Å²) in [7, 11) is 0. The number of alkyl halides is 2. The van der Waals surface area contributed by atoms with Crippen molar-refractivity contribution >= 4 is 34.1 Å². The van der Waals surface area contributed by atoms with Crippen molar-refractivity contribution in [3.8, 4) is 24.0 Å². The molecule has 10 nitrogen and oxygen atoms in total. The summed E-state index contributed by atoms with van der Waals surface area (Å²) < 4.78 is 30.5. The summed E-state index contributed by atoms with van der Waals surface area (Å²) in [6.07, 6.45) is 7.67. The van der Waals surface area contributed by atoms with Gasteiger partial charge in [0.1, 0.15) is 12.1 Å². The van der Waals surface area contributed by atoms with Crippen molar-refractivity contribution in [2.75, 3.05) is 5.32 Å². The van der Waals surface area contributed by atoms with Gasteiger partial charge in [0.15, 0.2) is 11.6 Å². The minimum Gasteiger partial charge on any atom is -0.415 e. The topological polar surface area (TPSA) is 136 Å². The van der Waals surface area contributed by atoms with Gasteiger partial charge in [0.25, 0.3) is 0 Å². The van der Waals surface area contributed by atoms with Gasteiger partial charge in [0.05, 0.1) is 22.8 Å². The van der Waals surface area contributed by atoms with E-state index in [9.17, 15) is 13.9 Å². The Hall–Kier alpha value is -4.89. The van der Waals surface area contributed by atoms with Gasteiger partial charge in [-0.05, 0) is 56.3 Å². The molecule has 3 heterocycles. The van der Waals surface area contributed by atoms with Gasteiger partial charge in [0, 0.05) is 23.0 Å². The van der Waals surface area contributed by atoms with E-state index in [-0.39, 0.29) is 11.6 Å². The van der Waals surface area contributed by atoms with Gasteiger partial charge in [-0.1, -0.05) is 5.92 Å². The van der Waals surface area contributed by atoms with Crippen molar-refractivity contribution in [3.63, 3.8) is 0 Å². The standard InChI is InChI=1S/C25H22F2N8O2/c1-4-16(28)11-14(2)30-24-18(15(3)36)6-9-22(32-24)35-13-29-19-12-17(5-7-20(19)35)31-21-8-10-23(34-33-21)37-25(26)27/h1,5-13,15,25,36H,28H2,2-3H3,(H,31,33). The fourth-order valence-corrected chi connectivity index (χ4v) is 3.43. The Morgan fingerprint density at radius 3 is 2.73 bits per heavy atom. The smallest absolute Gasteiger partial charge is 0.388 e. The van der Waals surface area contributed by atoms with Crippen LogP contribution in [0.5, 0.6) is 5.88 Å². The summed E-state index contributed by atoms with van der Waals surface area (Å²) in [4.78, 5) is 13.6. The number of nitrogens with one attached hydrogen (secondary N) is 1. The molecule has 12 heteroatoms. The van der Waals surface area contributed by atoms with Crippen LogP contribution >= 0.6 is 0 Å². The summed E-state index contributed by atoms with van der Waals surface area (Å²) in [5.41, 5.74) is 9.07. The molecule has 3 aromatic heterocycles. The Morgan fingerprint density at radius 2 is 2.05 bits per heavy atom. The van der Waals surface area contributed by atoms with Crippen LogP contribution in [0.15, 0.2) is 65.6 Å². The van der Waals surface area contributed by atoms with E-state index in [0.717, 1.165) is 5.52 Å². The molecule has 0 amide bonds. The molecular formula is C25H22F2N8O2. The lowest BCUT2D eigenvalue weighted by molar-refractivity contribution is -0.0534. The third-order valence-electron chi connectivity index (χ3n) is 5.07. The number of hydrogen-bond donors (Lipinski definition) is 3. The highest BCUT2D eigenvalue weighted by atomic mass is 19.3. The fourth-order valence-electron chi connectivity index (χ4n) is 3.43. The van der Waals surface area contributed by atoms with Crippen LogP contribution in [0.2, 0.25) is 0 Å². The second-order valence-corrected chi connectivity index (χ2v) is 7.83. The summed E-state index contributed by atoms with van der Waals surface area (Å²) in [6, 6.07) is 11.7. The first kappa shape index (κ1) is 25.2. The lowest BCUT2D eigenvalue weighted by Crippen LogP contribution is -2.05. The highest BCUT2D eigenvalue weighted by Crippen LogP contribution is 2.28. The summed E-state index contributed by atoms with van der Waals surface area (Å²) in [5, 5.41) is 20.7. The maximum Gasteiger partial charge on any atom is 0.388 e. The number of aromatic nitrogens is 5. The van der Waals surface area contributed by atoms with E-state index >= 15 is 0 Å². The quantitative estimate of drug-likeness (QED) is 0.240. The van der Waals surface area contributed by atoms with Crippen molar-refractivity contribution < 1.29 is 18.6 Å². The Morgan fingerprint density at radius 1 is 1.24 bits per heavy atom. The minimum atomic E-state index is -2.97. The molecule has 4 aromatic rings. The predicted molar refractivity (Wildman–Crippen MR) is 135 cm³/mol. The van der Waals surface area contributed by atoms with Gasteiger partial charge >= 0.3 is 6.61 Å². The summed E-state index contributed by atoms with van der Waals surface area (Å²) >= 11 is 0. The second-order valence-electron chi connectivity index (χ2n) is 7.83. The number of aliphatic hydroxyl groups excluding tert-OH is 1. The number of nitrogens with zero attached hydrogens (tertiary/aromatic N) is 6. The molecule has 1 aromatic carbocycles. The first-order valence-electron chi connectivity index (χ1n) is 10.9. The van der Waals surface area contributed by atoms with E-state index in [1.165, 1.54) is 12.1 Å². The maximum absolute atomic E-state index is 12.3. The lowest BCUT2D eigenvalue weighted by atomic mass is 10.1. The van der Waals surface area contributed by atoms with Crippen molar-refractivity contribution in [3.05, 3.63) is 66.1 Å². The zero-order chi connectivity index (χ0) is 26.5. The highest BCUT2D eigenvalue weighted by molar-refractivity contribution is 5.95. The molecule has 0 saturated heterocycles. The van der Waals surface area contributed by atoms with Crippen LogP contribution in [0.1, 0.15) is 25.5 Å². The van der Waals surface area contributed by atoms with Crippen molar-refractivity contribution in [1.29, 1.82) is 0 Å². The predicted octanol–water partition coefficient (Wildman–Crippen LogP) is 4.18. The Kier molecular flexibility index (Phi) is 7.36. The summed E-state index contributed by atoms with van der Waals surface area (Å²) in [5.74, 6) is 3.25. The third-order valence-corrected chi connectivity index (χ3v) is 5.07. The minimum absolute atomic E-state index is 0.226. The van der Waals surface area contributed by atoms with E-state index in [2.05, 4.69) is 41.1 Å². The Balaban J connectivity index is 1.63. The van der Waals surface area contributed by atoms with Crippen molar-refractivity contribution in [1.82, 2.24) is 24.7 Å². The van der Waals surface area contributed by atoms with Crippen LogP contribution in [0.3, 0.4) is 0 Å². The fraction of sp³-hybridized carbons (Fsp3) is 0.160. The molecule has 0 radical (unpaired) electrons. The zero-order valence-corrected chi connectivity index (χ0v) is 19.8.